The molecular weight excluding hydrogens is 426 g/mol. The van der Waals surface area contributed by atoms with Crippen molar-refractivity contribution >= 4 is 11.9 Å². The lowest BCUT2D eigenvalue weighted by Crippen LogP contribution is -2.33. The first-order valence-corrected chi connectivity index (χ1v) is 13.4. The molecule has 0 unspecified atom stereocenters. The van der Waals surface area contributed by atoms with E-state index in [-0.39, 0.29) is 47.7 Å². The van der Waals surface area contributed by atoms with Gasteiger partial charge in [0.15, 0.2) is 0 Å². The average molecular weight is 472 g/mol. The number of unbranched alkanes of at least 4 members (excludes halogenated alkanes) is 5. The van der Waals surface area contributed by atoms with E-state index in [2.05, 4.69) is 46.0 Å². The Morgan fingerprint density at radius 1 is 1.15 bits per heavy atom. The van der Waals surface area contributed by atoms with Crippen molar-refractivity contribution in [2.45, 2.75) is 111 Å². The molecule has 0 bridgehead atoms. The van der Waals surface area contributed by atoms with Gasteiger partial charge in [-0.15, -0.1) is 0 Å². The third-order valence-electron chi connectivity index (χ3n) is 7.81. The lowest BCUT2D eigenvalue weighted by atomic mass is 9.69. The van der Waals surface area contributed by atoms with E-state index in [1.54, 1.807) is 0 Å². The molecule has 5 nitrogen and oxygen atoms in total. The fourth-order valence-electron chi connectivity index (χ4n) is 5.90. The minimum atomic E-state index is -0.282. The Hall–Kier alpha value is -1.88. The Morgan fingerprint density at radius 3 is 2.53 bits per heavy atom. The number of hydrogen-bond acceptors (Lipinski definition) is 4. The molecule has 5 heteroatoms. The molecule has 1 amide bonds. The third-order valence-corrected chi connectivity index (χ3v) is 7.81. The number of esters is 1. The quantitative estimate of drug-likeness (QED) is 0.246. The number of nitrogens with one attached hydrogen (secondary N) is 1. The number of carbonyl (C=O) groups is 2. The van der Waals surface area contributed by atoms with Gasteiger partial charge in [0.05, 0.1) is 12.6 Å². The monoisotopic (exact) mass is 471 g/mol. The summed E-state index contributed by atoms with van der Waals surface area (Å²) in [7, 11) is 0. The molecule has 2 aliphatic rings. The topological polar surface area (TPSA) is 75.6 Å². The lowest BCUT2D eigenvalue weighted by molar-refractivity contribution is -0.134. The number of benzene rings is 1. The van der Waals surface area contributed by atoms with E-state index in [0.717, 1.165) is 43.2 Å². The predicted octanol–water partition coefficient (Wildman–Crippen LogP) is 5.70. The number of fused-ring (bicyclic) bond motifs is 1. The summed E-state index contributed by atoms with van der Waals surface area (Å²) in [6.07, 6.45) is 10.1. The molecule has 1 aliphatic carbocycles. The third kappa shape index (κ3) is 6.21. The zero-order valence-corrected chi connectivity index (χ0v) is 21.9. The molecule has 3 atom stereocenters. The first-order valence-electron chi connectivity index (χ1n) is 13.4. The standard InChI is InChI=1S/C29H45NO4/c1-6-7-8-9-10-11-12-25(32)34-24-14-13-21(22-17-29(4,5)16-15-20(22)24)27-23(18-31)30-28(33)26(27)19(2)3/h13-14,19,23,26-27,31H,6-12,15-18H2,1-5H3,(H,30,33)/t23-,26-,27+/m1/s1. The summed E-state index contributed by atoms with van der Waals surface area (Å²) in [4.78, 5) is 25.4. The summed E-state index contributed by atoms with van der Waals surface area (Å²) in [5.74, 6) is 0.479. The van der Waals surface area contributed by atoms with Gasteiger partial charge in [0.25, 0.3) is 0 Å². The van der Waals surface area contributed by atoms with Gasteiger partial charge in [-0.3, -0.25) is 9.59 Å². The summed E-state index contributed by atoms with van der Waals surface area (Å²) in [5, 5.41) is 13.1. The van der Waals surface area contributed by atoms with Crippen LogP contribution in [0.2, 0.25) is 0 Å². The van der Waals surface area contributed by atoms with Crippen LogP contribution in [0.4, 0.5) is 0 Å². The van der Waals surface area contributed by atoms with Crippen molar-refractivity contribution in [2.75, 3.05) is 6.61 Å². The van der Waals surface area contributed by atoms with Crippen molar-refractivity contribution in [3.63, 3.8) is 0 Å². The van der Waals surface area contributed by atoms with Crippen molar-refractivity contribution in [1.82, 2.24) is 5.32 Å². The van der Waals surface area contributed by atoms with Crippen molar-refractivity contribution in [3.05, 3.63) is 28.8 Å². The van der Waals surface area contributed by atoms with Crippen LogP contribution < -0.4 is 10.1 Å². The van der Waals surface area contributed by atoms with Crippen molar-refractivity contribution < 1.29 is 19.4 Å². The van der Waals surface area contributed by atoms with Gasteiger partial charge >= 0.3 is 5.97 Å². The largest absolute Gasteiger partial charge is 0.426 e. The van der Waals surface area contributed by atoms with E-state index >= 15 is 0 Å². The maximum atomic E-state index is 12.8. The van der Waals surface area contributed by atoms with Crippen molar-refractivity contribution in [1.29, 1.82) is 0 Å². The lowest BCUT2D eigenvalue weighted by Gasteiger charge is -2.36. The number of rotatable bonds is 11. The molecule has 2 N–H and O–H groups in total. The van der Waals surface area contributed by atoms with Crippen molar-refractivity contribution in [2.24, 2.45) is 17.3 Å². The molecule has 1 saturated heterocycles. The van der Waals surface area contributed by atoms with Crippen LogP contribution in [-0.4, -0.2) is 29.6 Å². The van der Waals surface area contributed by atoms with Crippen LogP contribution in [0.5, 0.6) is 5.75 Å². The fraction of sp³-hybridized carbons (Fsp3) is 0.724. The summed E-state index contributed by atoms with van der Waals surface area (Å²) < 4.78 is 5.90. The predicted molar refractivity (Wildman–Crippen MR) is 136 cm³/mol. The van der Waals surface area contributed by atoms with Crippen LogP contribution >= 0.6 is 0 Å². The molecule has 0 saturated carbocycles. The number of aliphatic hydroxyl groups is 1. The van der Waals surface area contributed by atoms with Gasteiger partial charge in [-0.25, -0.2) is 0 Å². The molecule has 0 radical (unpaired) electrons. The van der Waals surface area contributed by atoms with Gasteiger partial charge in [0.1, 0.15) is 5.75 Å². The summed E-state index contributed by atoms with van der Waals surface area (Å²) in [5.41, 5.74) is 3.61. The number of ether oxygens (including phenoxy) is 1. The van der Waals surface area contributed by atoms with Crippen LogP contribution in [0, 0.1) is 17.3 Å². The van der Waals surface area contributed by atoms with E-state index in [1.807, 2.05) is 6.07 Å². The van der Waals surface area contributed by atoms with E-state index in [4.69, 9.17) is 4.74 Å². The molecular formula is C29H45NO4. The number of amides is 1. The van der Waals surface area contributed by atoms with E-state index < -0.39 is 0 Å². The highest BCUT2D eigenvalue weighted by Crippen LogP contribution is 2.46. The van der Waals surface area contributed by atoms with E-state index in [9.17, 15) is 14.7 Å². The van der Waals surface area contributed by atoms with Gasteiger partial charge in [-0.2, -0.15) is 0 Å². The molecule has 1 aromatic rings. The Bertz CT molecular complexity index is 860. The molecule has 1 aromatic carbocycles. The van der Waals surface area contributed by atoms with Crippen LogP contribution in [0.15, 0.2) is 12.1 Å². The number of aliphatic hydroxyl groups excluding tert-OH is 1. The highest BCUT2D eigenvalue weighted by molar-refractivity contribution is 5.83. The zero-order valence-electron chi connectivity index (χ0n) is 21.9. The molecule has 1 heterocycles. The fourth-order valence-corrected chi connectivity index (χ4v) is 5.90. The second kappa shape index (κ2) is 11.7. The summed E-state index contributed by atoms with van der Waals surface area (Å²) in [6, 6.07) is 3.70. The molecule has 190 valence electrons. The number of carbonyl (C=O) groups excluding carboxylic acids is 2. The normalized spacial score (nSPS) is 23.6. The Morgan fingerprint density at radius 2 is 1.85 bits per heavy atom. The summed E-state index contributed by atoms with van der Waals surface area (Å²) >= 11 is 0. The van der Waals surface area contributed by atoms with E-state index in [1.165, 1.54) is 31.2 Å². The number of hydrogen-bond donors (Lipinski definition) is 2. The van der Waals surface area contributed by atoms with Gasteiger partial charge in [-0.1, -0.05) is 72.8 Å². The Labute approximate surface area is 206 Å². The second-order valence-electron chi connectivity index (χ2n) is 11.5. The first-order chi connectivity index (χ1) is 16.2. The molecule has 0 spiro atoms. The molecule has 1 aliphatic heterocycles. The van der Waals surface area contributed by atoms with Gasteiger partial charge in [0.2, 0.25) is 5.91 Å². The van der Waals surface area contributed by atoms with Crippen molar-refractivity contribution in [3.8, 4) is 5.75 Å². The second-order valence-corrected chi connectivity index (χ2v) is 11.5. The van der Waals surface area contributed by atoms with Crippen LogP contribution in [0.3, 0.4) is 0 Å². The van der Waals surface area contributed by atoms with Gasteiger partial charge < -0.3 is 15.2 Å². The first kappa shape index (κ1) is 26.7. The zero-order chi connectivity index (χ0) is 24.9. The van der Waals surface area contributed by atoms with Crippen LogP contribution in [-0.2, 0) is 22.4 Å². The minimum Gasteiger partial charge on any atom is -0.426 e. The maximum Gasteiger partial charge on any atom is 0.311 e. The SMILES string of the molecule is CCCCCCCCC(=O)Oc1ccc([C@@H]2[C@@H](C(C)C)C(=O)N[C@@H]2CO)c2c1CCC(C)(C)C2. The Balaban J connectivity index is 1.84. The van der Waals surface area contributed by atoms with Gasteiger partial charge in [0, 0.05) is 18.3 Å². The smallest absolute Gasteiger partial charge is 0.311 e. The molecule has 1 fully saturated rings. The minimum absolute atomic E-state index is 0.0253. The highest BCUT2D eigenvalue weighted by Gasteiger charge is 2.46. The molecule has 34 heavy (non-hydrogen) atoms. The van der Waals surface area contributed by atoms with Crippen LogP contribution in [0.1, 0.15) is 109 Å². The molecule has 0 aromatic heterocycles. The highest BCUT2D eigenvalue weighted by atomic mass is 16.5. The van der Waals surface area contributed by atoms with E-state index in [0.29, 0.717) is 12.2 Å². The van der Waals surface area contributed by atoms with Crippen LogP contribution in [0.25, 0.3) is 0 Å². The Kier molecular flexibility index (Phi) is 9.20. The summed E-state index contributed by atoms with van der Waals surface area (Å²) in [6.45, 7) is 10.8. The molecule has 3 rings (SSSR count). The van der Waals surface area contributed by atoms with Gasteiger partial charge in [-0.05, 0) is 59.8 Å². The maximum absolute atomic E-state index is 12.8. The average Bonchev–Trinajstić information content (AvgIpc) is 3.11.